The summed E-state index contributed by atoms with van der Waals surface area (Å²) in [6.45, 7) is 4.03. The number of piperazine rings is 1. The Morgan fingerprint density at radius 2 is 1.81 bits per heavy atom. The molecule has 0 aromatic heterocycles. The molecular formula is C13H20ClN7. The highest BCUT2D eigenvalue weighted by Crippen LogP contribution is 2.30. The largest absolute Gasteiger partial charge is 0.370 e. The third-order valence-electron chi connectivity index (χ3n) is 3.28. The number of benzene rings is 1. The van der Waals surface area contributed by atoms with Crippen molar-refractivity contribution >= 4 is 34.9 Å². The van der Waals surface area contributed by atoms with E-state index in [0.29, 0.717) is 10.7 Å². The monoisotopic (exact) mass is 309 g/mol. The van der Waals surface area contributed by atoms with Gasteiger partial charge in [-0.2, -0.15) is 4.99 Å². The smallest absolute Gasteiger partial charge is 0.223 e. The lowest BCUT2D eigenvalue weighted by Crippen LogP contribution is -2.44. The Morgan fingerprint density at radius 1 is 1.14 bits per heavy atom. The fourth-order valence-electron chi connectivity index (χ4n) is 2.13. The van der Waals surface area contributed by atoms with Crippen molar-refractivity contribution in [2.75, 3.05) is 38.1 Å². The Balaban J connectivity index is 2.16. The molecule has 0 saturated carbocycles. The van der Waals surface area contributed by atoms with Gasteiger partial charge in [-0.25, -0.2) is 4.99 Å². The molecule has 114 valence electrons. The highest BCUT2D eigenvalue weighted by Gasteiger charge is 2.15. The van der Waals surface area contributed by atoms with Gasteiger partial charge in [-0.3, -0.25) is 0 Å². The van der Waals surface area contributed by atoms with Crippen molar-refractivity contribution < 1.29 is 0 Å². The second-order valence-corrected chi connectivity index (χ2v) is 5.34. The van der Waals surface area contributed by atoms with Gasteiger partial charge in [0, 0.05) is 31.9 Å². The molecule has 0 radical (unpaired) electrons. The van der Waals surface area contributed by atoms with Crippen LogP contribution in [-0.4, -0.2) is 50.0 Å². The number of rotatable bonds is 2. The topological polar surface area (TPSA) is 109 Å². The molecule has 7 nitrogen and oxygen atoms in total. The summed E-state index contributed by atoms with van der Waals surface area (Å²) in [4.78, 5) is 12.3. The van der Waals surface area contributed by atoms with Crippen molar-refractivity contribution in [3.63, 3.8) is 0 Å². The van der Waals surface area contributed by atoms with Gasteiger partial charge in [0.05, 0.1) is 10.7 Å². The molecular weight excluding hydrogens is 290 g/mol. The number of guanidine groups is 2. The standard InChI is InChI=1S/C13H20ClN7/c1-20-4-6-21(7-5-20)9-2-3-11(10(14)8-9)18-13(17)19-12(15)16/h2-3,8H,4-7H2,1H3,(H6,15,16,17,18,19). The first kappa shape index (κ1) is 15.4. The fourth-order valence-corrected chi connectivity index (χ4v) is 2.35. The number of nitrogens with zero attached hydrogens (tertiary/aromatic N) is 4. The second-order valence-electron chi connectivity index (χ2n) is 4.93. The summed E-state index contributed by atoms with van der Waals surface area (Å²) >= 11 is 6.25. The van der Waals surface area contributed by atoms with E-state index in [1.807, 2.05) is 18.2 Å². The number of aliphatic imine (C=N–C) groups is 2. The zero-order valence-corrected chi connectivity index (χ0v) is 12.7. The minimum absolute atomic E-state index is 0.0238. The highest BCUT2D eigenvalue weighted by atomic mass is 35.5. The number of hydrogen-bond acceptors (Lipinski definition) is 3. The van der Waals surface area contributed by atoms with Crippen molar-refractivity contribution in [3.8, 4) is 0 Å². The third kappa shape index (κ3) is 4.24. The van der Waals surface area contributed by atoms with Crippen molar-refractivity contribution in [3.05, 3.63) is 23.2 Å². The summed E-state index contributed by atoms with van der Waals surface area (Å²) in [7, 11) is 2.12. The molecule has 1 saturated heterocycles. The van der Waals surface area contributed by atoms with Crippen LogP contribution in [0.1, 0.15) is 0 Å². The molecule has 0 amide bonds. The van der Waals surface area contributed by atoms with Crippen LogP contribution in [0.3, 0.4) is 0 Å². The van der Waals surface area contributed by atoms with Crippen LogP contribution in [0.5, 0.6) is 0 Å². The quantitative estimate of drug-likeness (QED) is 0.538. The first-order valence-electron chi connectivity index (χ1n) is 6.62. The maximum Gasteiger partial charge on any atom is 0.223 e. The molecule has 1 fully saturated rings. The minimum atomic E-state index is -0.138. The van der Waals surface area contributed by atoms with Gasteiger partial charge in [-0.05, 0) is 25.2 Å². The average Bonchev–Trinajstić information content (AvgIpc) is 2.41. The maximum absolute atomic E-state index is 6.25. The van der Waals surface area contributed by atoms with Crippen molar-refractivity contribution in [2.24, 2.45) is 27.2 Å². The number of likely N-dealkylation sites (N-methyl/N-ethyl adjacent to an activating group) is 1. The Labute approximate surface area is 129 Å². The van der Waals surface area contributed by atoms with Crippen LogP contribution in [0.25, 0.3) is 0 Å². The Bertz CT molecular complexity index is 558. The third-order valence-corrected chi connectivity index (χ3v) is 3.58. The second kappa shape index (κ2) is 6.64. The Morgan fingerprint density at radius 3 is 2.38 bits per heavy atom. The number of halogens is 1. The van der Waals surface area contributed by atoms with Gasteiger partial charge in [-0.15, -0.1) is 0 Å². The molecule has 0 spiro atoms. The van der Waals surface area contributed by atoms with Crippen LogP contribution in [0, 0.1) is 0 Å². The van der Waals surface area contributed by atoms with Crippen LogP contribution in [-0.2, 0) is 0 Å². The summed E-state index contributed by atoms with van der Waals surface area (Å²) < 4.78 is 0. The van der Waals surface area contributed by atoms with Crippen LogP contribution in [0.4, 0.5) is 11.4 Å². The summed E-state index contributed by atoms with van der Waals surface area (Å²) in [5.74, 6) is -0.161. The predicted octanol–water partition coefficient (Wildman–Crippen LogP) is 0.311. The zero-order valence-electron chi connectivity index (χ0n) is 12.0. The number of anilines is 1. The zero-order chi connectivity index (χ0) is 15.4. The first-order chi connectivity index (χ1) is 9.95. The Kier molecular flexibility index (Phi) is 4.87. The van der Waals surface area contributed by atoms with E-state index in [-0.39, 0.29) is 11.9 Å². The molecule has 1 heterocycles. The molecule has 1 aliphatic heterocycles. The van der Waals surface area contributed by atoms with Gasteiger partial charge in [0.1, 0.15) is 0 Å². The molecule has 0 unspecified atom stereocenters. The lowest BCUT2D eigenvalue weighted by molar-refractivity contribution is 0.313. The molecule has 6 N–H and O–H groups in total. The van der Waals surface area contributed by atoms with Crippen LogP contribution in [0.15, 0.2) is 28.2 Å². The number of hydrogen-bond donors (Lipinski definition) is 3. The van der Waals surface area contributed by atoms with Crippen LogP contribution < -0.4 is 22.1 Å². The van der Waals surface area contributed by atoms with E-state index in [4.69, 9.17) is 28.8 Å². The molecule has 8 heteroatoms. The molecule has 2 rings (SSSR count). The molecule has 0 bridgehead atoms. The van der Waals surface area contributed by atoms with E-state index in [9.17, 15) is 0 Å². The lowest BCUT2D eigenvalue weighted by Gasteiger charge is -2.34. The van der Waals surface area contributed by atoms with Crippen LogP contribution in [0.2, 0.25) is 5.02 Å². The molecule has 0 atom stereocenters. The normalized spacial score (nSPS) is 16.9. The summed E-state index contributed by atoms with van der Waals surface area (Å²) in [5, 5.41) is 0.514. The number of nitrogens with two attached hydrogens (primary N) is 3. The van der Waals surface area contributed by atoms with Crippen molar-refractivity contribution in [1.29, 1.82) is 0 Å². The van der Waals surface area contributed by atoms with E-state index < -0.39 is 0 Å². The fraction of sp³-hybridized carbons (Fsp3) is 0.385. The summed E-state index contributed by atoms with van der Waals surface area (Å²) in [6, 6.07) is 5.67. The van der Waals surface area contributed by atoms with E-state index in [2.05, 4.69) is 26.8 Å². The minimum Gasteiger partial charge on any atom is -0.370 e. The van der Waals surface area contributed by atoms with E-state index in [1.165, 1.54) is 0 Å². The average molecular weight is 310 g/mol. The molecule has 21 heavy (non-hydrogen) atoms. The van der Waals surface area contributed by atoms with Crippen molar-refractivity contribution in [1.82, 2.24) is 4.90 Å². The first-order valence-corrected chi connectivity index (χ1v) is 7.00. The highest BCUT2D eigenvalue weighted by molar-refractivity contribution is 6.33. The molecule has 0 aliphatic carbocycles. The summed E-state index contributed by atoms with van der Waals surface area (Å²) in [6.07, 6.45) is 0. The SMILES string of the molecule is CN1CCN(c2ccc(N=C(N)N=C(N)N)c(Cl)c2)CC1. The van der Waals surface area contributed by atoms with Gasteiger partial charge in [0.15, 0.2) is 5.96 Å². The molecule has 1 aliphatic rings. The van der Waals surface area contributed by atoms with E-state index >= 15 is 0 Å². The lowest BCUT2D eigenvalue weighted by atomic mass is 10.2. The maximum atomic E-state index is 6.25. The molecule has 1 aromatic carbocycles. The molecule has 1 aromatic rings. The Hall–Kier alpha value is -1.99. The van der Waals surface area contributed by atoms with Gasteiger partial charge in [-0.1, -0.05) is 11.6 Å². The van der Waals surface area contributed by atoms with E-state index in [1.54, 1.807) is 0 Å². The van der Waals surface area contributed by atoms with Gasteiger partial charge < -0.3 is 27.0 Å². The van der Waals surface area contributed by atoms with Gasteiger partial charge in [0.25, 0.3) is 0 Å². The predicted molar refractivity (Wildman–Crippen MR) is 88.3 cm³/mol. The van der Waals surface area contributed by atoms with Gasteiger partial charge >= 0.3 is 0 Å². The van der Waals surface area contributed by atoms with Crippen molar-refractivity contribution in [2.45, 2.75) is 0 Å². The van der Waals surface area contributed by atoms with Gasteiger partial charge in [0.2, 0.25) is 5.96 Å². The van der Waals surface area contributed by atoms with Crippen LogP contribution >= 0.6 is 11.6 Å². The van der Waals surface area contributed by atoms with E-state index in [0.717, 1.165) is 31.9 Å². The summed E-state index contributed by atoms with van der Waals surface area (Å²) in [5.41, 5.74) is 17.7.